The van der Waals surface area contributed by atoms with E-state index >= 15 is 0 Å². The lowest BCUT2D eigenvalue weighted by molar-refractivity contribution is 0.0529. The number of carbonyl (C=O) groups is 1. The lowest BCUT2D eigenvalue weighted by Crippen LogP contribution is -2.07. The van der Waals surface area contributed by atoms with Crippen LogP contribution in [0.5, 0.6) is 0 Å². The largest absolute Gasteiger partial charge is 0.462 e. The molecule has 2 aliphatic rings. The lowest BCUT2D eigenvalue weighted by atomic mass is 10.1. The van der Waals surface area contributed by atoms with Gasteiger partial charge >= 0.3 is 5.97 Å². The number of esters is 1. The van der Waals surface area contributed by atoms with Gasteiger partial charge in [0, 0.05) is 23.6 Å². The fourth-order valence-electron chi connectivity index (χ4n) is 2.22. The maximum absolute atomic E-state index is 12.3. The Bertz CT molecular complexity index is 759. The molecular formula is C17H15N3O2. The molecule has 1 aliphatic heterocycles. The van der Waals surface area contributed by atoms with Gasteiger partial charge in [-0.2, -0.15) is 0 Å². The Morgan fingerprint density at radius 2 is 1.91 bits per heavy atom. The molecule has 0 radical (unpaired) electrons. The summed E-state index contributed by atoms with van der Waals surface area (Å²) in [6.07, 6.45) is 3.35. The zero-order chi connectivity index (χ0) is 15.4. The SMILES string of the molecule is CCOC(=O)c1c2cccccc-2nc1Nc1ccncc1. The molecular weight excluding hydrogens is 278 g/mol. The fourth-order valence-corrected chi connectivity index (χ4v) is 2.22. The normalized spacial score (nSPS) is 10.4. The van der Waals surface area contributed by atoms with Crippen LogP contribution in [-0.2, 0) is 4.74 Å². The average molecular weight is 293 g/mol. The highest BCUT2D eigenvalue weighted by molar-refractivity contribution is 6.03. The van der Waals surface area contributed by atoms with E-state index in [4.69, 9.17) is 4.74 Å². The summed E-state index contributed by atoms with van der Waals surface area (Å²) in [5.41, 5.74) is 2.77. The number of ether oxygens (including phenoxy) is 1. The van der Waals surface area contributed by atoms with Gasteiger partial charge in [0.2, 0.25) is 0 Å². The van der Waals surface area contributed by atoms with Crippen molar-refractivity contribution in [2.24, 2.45) is 0 Å². The van der Waals surface area contributed by atoms with Crippen molar-refractivity contribution in [2.45, 2.75) is 6.92 Å². The highest BCUT2D eigenvalue weighted by atomic mass is 16.5. The van der Waals surface area contributed by atoms with Crippen molar-refractivity contribution in [1.29, 1.82) is 0 Å². The molecule has 1 aromatic heterocycles. The van der Waals surface area contributed by atoms with Gasteiger partial charge in [0.1, 0.15) is 11.4 Å². The summed E-state index contributed by atoms with van der Waals surface area (Å²) >= 11 is 0. The van der Waals surface area contributed by atoms with E-state index in [9.17, 15) is 4.79 Å². The van der Waals surface area contributed by atoms with Crippen molar-refractivity contribution in [3.63, 3.8) is 0 Å². The zero-order valence-corrected chi connectivity index (χ0v) is 12.1. The first-order valence-electron chi connectivity index (χ1n) is 7.02. The molecule has 0 atom stereocenters. The van der Waals surface area contributed by atoms with Gasteiger partial charge in [-0.3, -0.25) is 4.98 Å². The Labute approximate surface area is 128 Å². The van der Waals surface area contributed by atoms with Crippen molar-refractivity contribution >= 4 is 17.5 Å². The van der Waals surface area contributed by atoms with Crippen LogP contribution in [0.4, 0.5) is 11.5 Å². The maximum atomic E-state index is 12.3. The van der Waals surface area contributed by atoms with E-state index < -0.39 is 0 Å². The quantitative estimate of drug-likeness (QED) is 0.746. The molecule has 0 amide bonds. The zero-order valence-electron chi connectivity index (χ0n) is 12.1. The molecule has 0 saturated carbocycles. The van der Waals surface area contributed by atoms with Crippen LogP contribution in [0.15, 0.2) is 54.9 Å². The standard InChI is InChI=1S/C17H15N3O2/c1-2-22-17(21)15-13-6-4-3-5-7-14(13)20-16(15)19-12-8-10-18-11-9-12/h3-11H,2H2,1H3,(H,18,19,20). The molecule has 1 N–H and O–H groups in total. The summed E-state index contributed by atoms with van der Waals surface area (Å²) in [4.78, 5) is 20.8. The molecule has 3 rings (SSSR count). The van der Waals surface area contributed by atoms with E-state index in [1.807, 2.05) is 42.5 Å². The van der Waals surface area contributed by atoms with Gasteiger partial charge < -0.3 is 10.1 Å². The first kappa shape index (κ1) is 14.0. The van der Waals surface area contributed by atoms with Crippen LogP contribution in [0.3, 0.4) is 0 Å². The van der Waals surface area contributed by atoms with Crippen LogP contribution in [0, 0.1) is 0 Å². The monoisotopic (exact) mass is 293 g/mol. The molecule has 0 saturated heterocycles. The molecule has 0 aromatic carbocycles. The number of hydrogen-bond acceptors (Lipinski definition) is 5. The highest BCUT2D eigenvalue weighted by Crippen LogP contribution is 2.33. The van der Waals surface area contributed by atoms with E-state index in [0.29, 0.717) is 18.0 Å². The minimum Gasteiger partial charge on any atom is -0.462 e. The van der Waals surface area contributed by atoms with Crippen molar-refractivity contribution in [1.82, 2.24) is 9.97 Å². The smallest absolute Gasteiger partial charge is 0.342 e. The number of hydrogen-bond donors (Lipinski definition) is 1. The number of fused-ring (bicyclic) bond motifs is 1. The van der Waals surface area contributed by atoms with Crippen molar-refractivity contribution < 1.29 is 9.53 Å². The Kier molecular flexibility index (Phi) is 3.96. The van der Waals surface area contributed by atoms with Gasteiger partial charge in [0.15, 0.2) is 0 Å². The van der Waals surface area contributed by atoms with E-state index in [1.165, 1.54) is 0 Å². The van der Waals surface area contributed by atoms with Gasteiger partial charge in [0.25, 0.3) is 0 Å². The molecule has 0 bridgehead atoms. The summed E-state index contributed by atoms with van der Waals surface area (Å²) in [5.74, 6) is 0.110. The second kappa shape index (κ2) is 6.22. The first-order chi connectivity index (χ1) is 10.8. The number of pyridine rings is 1. The van der Waals surface area contributed by atoms with E-state index in [2.05, 4.69) is 15.3 Å². The second-order valence-electron chi connectivity index (χ2n) is 4.63. The van der Waals surface area contributed by atoms with Crippen LogP contribution in [0.2, 0.25) is 0 Å². The molecule has 0 unspecified atom stereocenters. The Morgan fingerprint density at radius 3 is 2.68 bits per heavy atom. The van der Waals surface area contributed by atoms with E-state index in [1.54, 1.807) is 19.3 Å². The van der Waals surface area contributed by atoms with E-state index in [0.717, 1.165) is 16.9 Å². The van der Waals surface area contributed by atoms with Gasteiger partial charge in [-0.15, -0.1) is 0 Å². The molecule has 0 fully saturated rings. The minimum atomic E-state index is -0.382. The number of anilines is 2. The van der Waals surface area contributed by atoms with Crippen LogP contribution >= 0.6 is 0 Å². The van der Waals surface area contributed by atoms with Crippen LogP contribution < -0.4 is 5.32 Å². The number of carbonyl (C=O) groups excluding carboxylic acids is 1. The summed E-state index contributed by atoms with van der Waals surface area (Å²) in [6.45, 7) is 2.10. The van der Waals surface area contributed by atoms with Crippen LogP contribution in [-0.4, -0.2) is 22.5 Å². The van der Waals surface area contributed by atoms with Gasteiger partial charge in [-0.05, 0) is 25.1 Å². The Morgan fingerprint density at radius 1 is 1.14 bits per heavy atom. The third-order valence-corrected chi connectivity index (χ3v) is 3.18. The predicted molar refractivity (Wildman–Crippen MR) is 84.3 cm³/mol. The molecule has 0 spiro atoms. The third kappa shape index (κ3) is 2.74. The van der Waals surface area contributed by atoms with Gasteiger partial charge in [0.05, 0.1) is 12.3 Å². The van der Waals surface area contributed by atoms with Crippen LogP contribution in [0.1, 0.15) is 17.3 Å². The van der Waals surface area contributed by atoms with Gasteiger partial charge in [-0.1, -0.05) is 24.3 Å². The number of rotatable bonds is 4. The average Bonchev–Trinajstić information content (AvgIpc) is 2.70. The number of nitrogens with one attached hydrogen (secondary N) is 1. The maximum Gasteiger partial charge on any atom is 0.342 e. The fraction of sp³-hybridized carbons (Fsp3) is 0.118. The van der Waals surface area contributed by atoms with Crippen LogP contribution in [0.25, 0.3) is 11.3 Å². The van der Waals surface area contributed by atoms with Crippen molar-refractivity contribution in [2.75, 3.05) is 11.9 Å². The minimum absolute atomic E-state index is 0.319. The molecule has 5 heteroatoms. The topological polar surface area (TPSA) is 64.1 Å². The second-order valence-corrected chi connectivity index (χ2v) is 4.63. The van der Waals surface area contributed by atoms with Crippen molar-refractivity contribution in [3.05, 3.63) is 60.4 Å². The van der Waals surface area contributed by atoms with Crippen molar-refractivity contribution in [3.8, 4) is 11.3 Å². The molecule has 1 aromatic rings. The first-order valence-corrected chi connectivity index (χ1v) is 7.02. The molecule has 1 aliphatic carbocycles. The van der Waals surface area contributed by atoms with Gasteiger partial charge in [-0.25, -0.2) is 9.78 Å². The Balaban J connectivity index is 2.09. The molecule has 5 nitrogen and oxygen atoms in total. The molecule has 2 heterocycles. The number of nitrogens with zero attached hydrogens (tertiary/aromatic N) is 2. The molecule has 22 heavy (non-hydrogen) atoms. The summed E-state index contributed by atoms with van der Waals surface area (Å²) in [7, 11) is 0. The summed E-state index contributed by atoms with van der Waals surface area (Å²) < 4.78 is 5.17. The lowest BCUT2D eigenvalue weighted by Gasteiger charge is -2.06. The highest BCUT2D eigenvalue weighted by Gasteiger charge is 2.24. The summed E-state index contributed by atoms with van der Waals surface area (Å²) in [6, 6.07) is 13.0. The third-order valence-electron chi connectivity index (χ3n) is 3.18. The van der Waals surface area contributed by atoms with E-state index in [-0.39, 0.29) is 5.97 Å². The molecule has 110 valence electrons. The summed E-state index contributed by atoms with van der Waals surface area (Å²) in [5, 5.41) is 3.16. The predicted octanol–water partition coefficient (Wildman–Crippen LogP) is 3.50. The number of aromatic nitrogens is 2. The Hall–Kier alpha value is -2.95.